The Labute approximate surface area is 141 Å². The van der Waals surface area contributed by atoms with E-state index < -0.39 is 16.7 Å². The van der Waals surface area contributed by atoms with Gasteiger partial charge in [0.1, 0.15) is 10.6 Å². The number of hydrogen-bond donors (Lipinski definition) is 1. The van der Waals surface area contributed by atoms with Crippen molar-refractivity contribution in [3.63, 3.8) is 0 Å². The van der Waals surface area contributed by atoms with Gasteiger partial charge in [0.05, 0.1) is 4.92 Å². The Balaban J connectivity index is 2.44. The van der Waals surface area contributed by atoms with Gasteiger partial charge in [-0.2, -0.15) is 0 Å². The number of hydrogen-bond acceptors (Lipinski definition) is 5. The molecule has 7 nitrogen and oxygen atoms in total. The van der Waals surface area contributed by atoms with Crippen LogP contribution in [-0.2, 0) is 9.59 Å². The van der Waals surface area contributed by atoms with Gasteiger partial charge >= 0.3 is 0 Å². The van der Waals surface area contributed by atoms with Crippen molar-refractivity contribution in [1.82, 2.24) is 10.2 Å². The normalized spacial score (nSPS) is 16.5. The molecule has 1 aromatic rings. The van der Waals surface area contributed by atoms with Crippen molar-refractivity contribution in [3.05, 3.63) is 57.1 Å². The van der Waals surface area contributed by atoms with Gasteiger partial charge in [0.25, 0.3) is 17.5 Å². The number of amides is 2. The molecule has 1 N–H and O–H groups in total. The summed E-state index contributed by atoms with van der Waals surface area (Å²) in [5.41, 5.74) is -0.203. The van der Waals surface area contributed by atoms with E-state index in [1.807, 2.05) is 0 Å². The number of benzene rings is 1. The molecule has 0 unspecified atom stereocenters. The molecule has 23 heavy (non-hydrogen) atoms. The van der Waals surface area contributed by atoms with Gasteiger partial charge in [-0.1, -0.05) is 23.7 Å². The van der Waals surface area contributed by atoms with Gasteiger partial charge in [0.2, 0.25) is 0 Å². The zero-order valence-corrected chi connectivity index (χ0v) is 13.2. The lowest BCUT2D eigenvalue weighted by Crippen LogP contribution is -2.53. The maximum Gasteiger partial charge on any atom is 0.288 e. The summed E-state index contributed by atoms with van der Waals surface area (Å²) in [6.45, 7) is 3.65. The fraction of sp³-hybridized carbons (Fsp3) is 0.0714. The third-order valence-corrected chi connectivity index (χ3v) is 3.62. The Kier molecular flexibility index (Phi) is 4.87. The summed E-state index contributed by atoms with van der Waals surface area (Å²) >= 11 is 10.7. The summed E-state index contributed by atoms with van der Waals surface area (Å²) in [7, 11) is 0. The summed E-state index contributed by atoms with van der Waals surface area (Å²) in [5, 5.41) is 13.2. The van der Waals surface area contributed by atoms with Crippen LogP contribution in [0.1, 0.15) is 5.56 Å². The molecule has 1 aromatic carbocycles. The van der Waals surface area contributed by atoms with E-state index in [9.17, 15) is 19.7 Å². The third kappa shape index (κ3) is 3.43. The second-order valence-electron chi connectivity index (χ2n) is 4.49. The van der Waals surface area contributed by atoms with E-state index in [1.165, 1.54) is 35.3 Å². The Bertz CT molecular complexity index is 775. The van der Waals surface area contributed by atoms with Crippen LogP contribution in [-0.4, -0.2) is 33.3 Å². The van der Waals surface area contributed by atoms with Crippen molar-refractivity contribution < 1.29 is 14.5 Å². The molecule has 0 aromatic heterocycles. The second-order valence-corrected chi connectivity index (χ2v) is 5.28. The van der Waals surface area contributed by atoms with Crippen LogP contribution in [0.15, 0.2) is 36.4 Å². The number of nitrogens with one attached hydrogen (secondary N) is 1. The third-order valence-electron chi connectivity index (χ3n) is 2.98. The van der Waals surface area contributed by atoms with Crippen LogP contribution in [0, 0.1) is 10.1 Å². The first-order chi connectivity index (χ1) is 10.8. The summed E-state index contributed by atoms with van der Waals surface area (Å²) in [4.78, 5) is 35.7. The van der Waals surface area contributed by atoms with E-state index in [-0.39, 0.29) is 27.9 Å². The smallest absolute Gasteiger partial charge is 0.288 e. The molecule has 0 spiro atoms. The van der Waals surface area contributed by atoms with E-state index >= 15 is 0 Å². The van der Waals surface area contributed by atoms with Crippen LogP contribution in [0.5, 0.6) is 0 Å². The van der Waals surface area contributed by atoms with Crippen molar-refractivity contribution in [2.45, 2.75) is 0 Å². The molecule has 118 valence electrons. The number of carbonyl (C=O) groups excluding carboxylic acids is 2. The van der Waals surface area contributed by atoms with Crippen molar-refractivity contribution in [2.75, 3.05) is 6.54 Å². The zero-order chi connectivity index (χ0) is 17.1. The highest BCUT2D eigenvalue weighted by Crippen LogP contribution is 2.26. The lowest BCUT2D eigenvalue weighted by molar-refractivity contribution is -0.384. The Morgan fingerprint density at radius 3 is 2.74 bits per heavy atom. The Morgan fingerprint density at radius 2 is 2.13 bits per heavy atom. The van der Waals surface area contributed by atoms with Crippen molar-refractivity contribution in [3.8, 4) is 0 Å². The van der Waals surface area contributed by atoms with E-state index in [0.717, 1.165) is 0 Å². The summed E-state index contributed by atoms with van der Waals surface area (Å²) in [6.07, 6.45) is 2.71. The molecule has 1 aliphatic heterocycles. The van der Waals surface area contributed by atoms with Gasteiger partial charge in [-0.05, 0) is 29.9 Å². The number of halogens is 1. The fourth-order valence-electron chi connectivity index (χ4n) is 1.91. The van der Waals surface area contributed by atoms with Gasteiger partial charge in [0.15, 0.2) is 5.11 Å². The first-order valence-electron chi connectivity index (χ1n) is 6.29. The summed E-state index contributed by atoms with van der Waals surface area (Å²) in [5.74, 6) is -1.27. The summed E-state index contributed by atoms with van der Waals surface area (Å²) < 4.78 is 0. The molecule has 1 aliphatic rings. The minimum Gasteiger partial charge on any atom is -0.298 e. The van der Waals surface area contributed by atoms with Gasteiger partial charge in [0, 0.05) is 12.6 Å². The van der Waals surface area contributed by atoms with Crippen LogP contribution in [0.4, 0.5) is 5.69 Å². The van der Waals surface area contributed by atoms with Gasteiger partial charge in [-0.3, -0.25) is 29.9 Å². The Morgan fingerprint density at radius 1 is 1.43 bits per heavy atom. The van der Waals surface area contributed by atoms with Crippen LogP contribution in [0.25, 0.3) is 6.08 Å². The highest BCUT2D eigenvalue weighted by atomic mass is 35.5. The van der Waals surface area contributed by atoms with E-state index in [2.05, 4.69) is 11.9 Å². The predicted octanol–water partition coefficient (Wildman–Crippen LogP) is 2.06. The largest absolute Gasteiger partial charge is 0.298 e. The molecule has 1 heterocycles. The van der Waals surface area contributed by atoms with E-state index in [0.29, 0.717) is 5.56 Å². The minimum absolute atomic E-state index is 0.0147. The molecule has 0 saturated carbocycles. The highest BCUT2D eigenvalue weighted by Gasteiger charge is 2.32. The maximum atomic E-state index is 12.3. The van der Waals surface area contributed by atoms with Crippen LogP contribution in [0.2, 0.25) is 5.02 Å². The number of nitro groups is 1. The maximum absolute atomic E-state index is 12.3. The summed E-state index contributed by atoms with van der Waals surface area (Å²) in [6, 6.07) is 3.97. The molecule has 1 fully saturated rings. The van der Waals surface area contributed by atoms with Gasteiger partial charge in [-0.15, -0.1) is 6.58 Å². The van der Waals surface area contributed by atoms with Crippen molar-refractivity contribution >= 4 is 52.5 Å². The van der Waals surface area contributed by atoms with Gasteiger partial charge < -0.3 is 0 Å². The number of rotatable bonds is 4. The zero-order valence-electron chi connectivity index (χ0n) is 11.6. The number of nitro benzene ring substituents is 1. The molecule has 2 amide bonds. The van der Waals surface area contributed by atoms with Crippen LogP contribution < -0.4 is 5.32 Å². The number of thiocarbonyl (C=S) groups is 1. The fourth-order valence-corrected chi connectivity index (χ4v) is 2.35. The quantitative estimate of drug-likeness (QED) is 0.224. The highest BCUT2D eigenvalue weighted by molar-refractivity contribution is 7.80. The molecule has 0 bridgehead atoms. The first-order valence-corrected chi connectivity index (χ1v) is 7.07. The SMILES string of the molecule is C=CCN1C(=O)C(=Cc2ccc(Cl)c([N+](=O)[O-])c2)C(=O)NC1=S. The lowest BCUT2D eigenvalue weighted by Gasteiger charge is -2.27. The van der Waals surface area contributed by atoms with E-state index in [4.69, 9.17) is 23.8 Å². The molecule has 0 aliphatic carbocycles. The molecular formula is C14H10ClN3O4S. The average Bonchev–Trinajstić information content (AvgIpc) is 2.49. The molecule has 0 atom stereocenters. The standard InChI is InChI=1S/C14H10ClN3O4S/c1-2-5-17-13(20)9(12(19)16-14(17)23)6-8-3-4-10(15)11(7-8)18(21)22/h2-4,6-7H,1,5H2,(H,16,19,23). The Hall–Kier alpha value is -2.58. The molecule has 0 radical (unpaired) electrons. The average molecular weight is 352 g/mol. The molecule has 2 rings (SSSR count). The number of carbonyl (C=O) groups is 2. The van der Waals surface area contributed by atoms with Crippen LogP contribution in [0.3, 0.4) is 0 Å². The van der Waals surface area contributed by atoms with E-state index in [1.54, 1.807) is 0 Å². The monoisotopic (exact) mass is 351 g/mol. The molecular weight excluding hydrogens is 342 g/mol. The predicted molar refractivity (Wildman–Crippen MR) is 88.7 cm³/mol. The first kappa shape index (κ1) is 16.8. The topological polar surface area (TPSA) is 92.6 Å². The lowest BCUT2D eigenvalue weighted by atomic mass is 10.1. The van der Waals surface area contributed by atoms with Crippen LogP contribution >= 0.6 is 23.8 Å². The molecule has 1 saturated heterocycles. The molecule has 9 heteroatoms. The van der Waals surface area contributed by atoms with Crippen molar-refractivity contribution in [2.24, 2.45) is 0 Å². The second kappa shape index (κ2) is 6.67. The van der Waals surface area contributed by atoms with Crippen molar-refractivity contribution in [1.29, 1.82) is 0 Å². The number of nitrogens with zero attached hydrogens (tertiary/aromatic N) is 2. The minimum atomic E-state index is -0.669. The van der Waals surface area contributed by atoms with Gasteiger partial charge in [-0.25, -0.2) is 0 Å².